The molecule has 3 rings (SSSR count). The minimum Gasteiger partial charge on any atom is -0.352 e. The summed E-state index contributed by atoms with van der Waals surface area (Å²) in [4.78, 5) is 17.1. The smallest absolute Gasteiger partial charge is 0.253 e. The molecule has 0 aliphatic carbocycles. The number of nitrogens with zero attached hydrogens (tertiary/aromatic N) is 2. The summed E-state index contributed by atoms with van der Waals surface area (Å²) < 4.78 is 1.96. The Morgan fingerprint density at radius 2 is 2.12 bits per heavy atom. The molecule has 0 saturated carbocycles. The van der Waals surface area contributed by atoms with E-state index in [2.05, 4.69) is 10.3 Å². The molecule has 3 N–H and O–H groups in total. The van der Waals surface area contributed by atoms with Crippen LogP contribution in [0.3, 0.4) is 0 Å². The number of aromatic nitrogens is 2. The first-order valence-corrected chi connectivity index (χ1v) is 8.20. The third kappa shape index (κ3) is 2.78. The van der Waals surface area contributed by atoms with Crippen molar-refractivity contribution in [2.75, 3.05) is 6.54 Å². The molecular formula is C19H22N4O. The van der Waals surface area contributed by atoms with Crippen molar-refractivity contribution in [2.24, 2.45) is 5.73 Å². The Bertz CT molecular complexity index is 882. The maximum absolute atomic E-state index is 12.6. The maximum atomic E-state index is 12.6. The molecule has 1 aromatic carbocycles. The number of hydrogen-bond acceptors (Lipinski definition) is 3. The fourth-order valence-corrected chi connectivity index (χ4v) is 2.95. The van der Waals surface area contributed by atoms with Crippen molar-refractivity contribution in [1.82, 2.24) is 14.9 Å². The number of fused-ring (bicyclic) bond motifs is 1. The van der Waals surface area contributed by atoms with Gasteiger partial charge in [0.05, 0.1) is 11.1 Å². The van der Waals surface area contributed by atoms with Crippen LogP contribution < -0.4 is 11.1 Å². The van der Waals surface area contributed by atoms with Gasteiger partial charge in [-0.2, -0.15) is 0 Å². The minimum atomic E-state index is -0.0554. The average molecular weight is 322 g/mol. The molecule has 5 nitrogen and oxygen atoms in total. The predicted octanol–water partition coefficient (Wildman–Crippen LogP) is 2.93. The van der Waals surface area contributed by atoms with Gasteiger partial charge in [-0.25, -0.2) is 4.98 Å². The van der Waals surface area contributed by atoms with Crippen LogP contribution in [-0.2, 0) is 6.54 Å². The standard InChI is InChI=1S/C19H22N4O/c1-3-9-22-19(24)15-12-23(16-8-4-6-13(2)17(15)16)18-14(11-20)7-5-10-21-18/h4-8,10,12H,3,9,11,20H2,1-2H3,(H,22,24). The number of benzene rings is 1. The highest BCUT2D eigenvalue weighted by atomic mass is 16.1. The van der Waals surface area contributed by atoms with Gasteiger partial charge in [-0.1, -0.05) is 25.1 Å². The van der Waals surface area contributed by atoms with Gasteiger partial charge in [0.1, 0.15) is 5.82 Å². The van der Waals surface area contributed by atoms with E-state index < -0.39 is 0 Å². The Hall–Kier alpha value is -2.66. The lowest BCUT2D eigenvalue weighted by atomic mass is 10.1. The number of pyridine rings is 1. The fraction of sp³-hybridized carbons (Fsp3) is 0.263. The monoisotopic (exact) mass is 322 g/mol. The summed E-state index contributed by atoms with van der Waals surface area (Å²) in [5.41, 5.74) is 9.50. The molecule has 124 valence electrons. The molecule has 0 spiro atoms. The Labute approximate surface area is 141 Å². The molecule has 1 amide bonds. The molecule has 0 atom stereocenters. The molecule has 0 aliphatic heterocycles. The van der Waals surface area contributed by atoms with Gasteiger partial charge in [0.25, 0.3) is 5.91 Å². The van der Waals surface area contributed by atoms with Crippen LogP contribution in [-0.4, -0.2) is 22.0 Å². The van der Waals surface area contributed by atoms with Crippen molar-refractivity contribution in [2.45, 2.75) is 26.8 Å². The Balaban J connectivity index is 2.23. The van der Waals surface area contributed by atoms with Gasteiger partial charge in [0.2, 0.25) is 0 Å². The fourth-order valence-electron chi connectivity index (χ4n) is 2.95. The van der Waals surface area contributed by atoms with Crippen LogP contribution in [0, 0.1) is 6.92 Å². The Kier molecular flexibility index (Phi) is 4.62. The highest BCUT2D eigenvalue weighted by Crippen LogP contribution is 2.28. The zero-order valence-electron chi connectivity index (χ0n) is 14.0. The topological polar surface area (TPSA) is 72.9 Å². The minimum absolute atomic E-state index is 0.0554. The summed E-state index contributed by atoms with van der Waals surface area (Å²) in [5, 5.41) is 3.92. The maximum Gasteiger partial charge on any atom is 0.253 e. The lowest BCUT2D eigenvalue weighted by Gasteiger charge is -2.09. The van der Waals surface area contributed by atoms with Crippen LogP contribution in [0.1, 0.15) is 34.8 Å². The van der Waals surface area contributed by atoms with Gasteiger partial charge in [-0.05, 0) is 31.0 Å². The van der Waals surface area contributed by atoms with Crippen molar-refractivity contribution in [3.63, 3.8) is 0 Å². The van der Waals surface area contributed by atoms with E-state index in [1.165, 1.54) is 0 Å². The normalized spacial score (nSPS) is 11.0. The highest BCUT2D eigenvalue weighted by Gasteiger charge is 2.18. The third-order valence-corrected chi connectivity index (χ3v) is 4.13. The summed E-state index contributed by atoms with van der Waals surface area (Å²) in [5.74, 6) is 0.713. The summed E-state index contributed by atoms with van der Waals surface area (Å²) in [6.45, 7) is 5.11. The number of hydrogen-bond donors (Lipinski definition) is 2. The molecule has 5 heteroatoms. The predicted molar refractivity (Wildman–Crippen MR) is 96.3 cm³/mol. The zero-order chi connectivity index (χ0) is 17.1. The van der Waals surface area contributed by atoms with E-state index in [-0.39, 0.29) is 5.91 Å². The average Bonchev–Trinajstić information content (AvgIpc) is 3.00. The number of rotatable bonds is 5. The van der Waals surface area contributed by atoms with Crippen LogP contribution in [0.4, 0.5) is 0 Å². The first-order chi connectivity index (χ1) is 11.7. The number of aryl methyl sites for hydroxylation is 1. The van der Waals surface area contributed by atoms with Crippen molar-refractivity contribution < 1.29 is 4.79 Å². The van der Waals surface area contributed by atoms with Gasteiger partial charge in [0, 0.05) is 36.4 Å². The Morgan fingerprint density at radius 1 is 1.29 bits per heavy atom. The lowest BCUT2D eigenvalue weighted by Crippen LogP contribution is -2.23. The van der Waals surface area contributed by atoms with E-state index in [0.29, 0.717) is 18.7 Å². The molecule has 2 heterocycles. The van der Waals surface area contributed by atoms with E-state index in [1.807, 2.05) is 54.9 Å². The lowest BCUT2D eigenvalue weighted by molar-refractivity contribution is 0.0955. The van der Waals surface area contributed by atoms with E-state index in [1.54, 1.807) is 6.20 Å². The highest BCUT2D eigenvalue weighted by molar-refractivity contribution is 6.08. The molecule has 0 radical (unpaired) electrons. The quantitative estimate of drug-likeness (QED) is 0.758. The van der Waals surface area contributed by atoms with Crippen LogP contribution in [0.25, 0.3) is 16.7 Å². The molecule has 2 aromatic heterocycles. The molecule has 0 unspecified atom stereocenters. The summed E-state index contributed by atoms with van der Waals surface area (Å²) in [6, 6.07) is 9.85. The second-order valence-corrected chi connectivity index (χ2v) is 5.83. The van der Waals surface area contributed by atoms with Gasteiger partial charge >= 0.3 is 0 Å². The Morgan fingerprint density at radius 3 is 2.88 bits per heavy atom. The first kappa shape index (κ1) is 16.2. The van der Waals surface area contributed by atoms with Gasteiger partial charge < -0.3 is 15.6 Å². The number of carbonyl (C=O) groups is 1. The number of carbonyl (C=O) groups excluding carboxylic acids is 1. The van der Waals surface area contributed by atoms with Crippen LogP contribution >= 0.6 is 0 Å². The van der Waals surface area contributed by atoms with Crippen molar-refractivity contribution in [3.8, 4) is 5.82 Å². The molecule has 0 saturated heterocycles. The van der Waals surface area contributed by atoms with E-state index in [0.717, 1.165) is 34.3 Å². The second kappa shape index (κ2) is 6.84. The van der Waals surface area contributed by atoms with Crippen molar-refractivity contribution in [3.05, 3.63) is 59.4 Å². The van der Waals surface area contributed by atoms with Crippen molar-refractivity contribution in [1.29, 1.82) is 0 Å². The second-order valence-electron chi connectivity index (χ2n) is 5.83. The van der Waals surface area contributed by atoms with E-state index in [4.69, 9.17) is 5.73 Å². The van der Waals surface area contributed by atoms with Crippen LogP contribution in [0.5, 0.6) is 0 Å². The van der Waals surface area contributed by atoms with E-state index >= 15 is 0 Å². The van der Waals surface area contributed by atoms with Gasteiger partial charge in [-0.3, -0.25) is 4.79 Å². The van der Waals surface area contributed by atoms with Gasteiger partial charge in [-0.15, -0.1) is 0 Å². The molecule has 3 aromatic rings. The van der Waals surface area contributed by atoms with Gasteiger partial charge in [0.15, 0.2) is 0 Å². The summed E-state index contributed by atoms with van der Waals surface area (Å²) >= 11 is 0. The van der Waals surface area contributed by atoms with E-state index in [9.17, 15) is 4.79 Å². The summed E-state index contributed by atoms with van der Waals surface area (Å²) in [6.07, 6.45) is 4.51. The summed E-state index contributed by atoms with van der Waals surface area (Å²) in [7, 11) is 0. The number of nitrogens with one attached hydrogen (secondary N) is 1. The van der Waals surface area contributed by atoms with Crippen molar-refractivity contribution >= 4 is 16.8 Å². The largest absolute Gasteiger partial charge is 0.352 e. The molecule has 0 aliphatic rings. The van der Waals surface area contributed by atoms with Crippen LogP contribution in [0.2, 0.25) is 0 Å². The van der Waals surface area contributed by atoms with Crippen LogP contribution in [0.15, 0.2) is 42.7 Å². The third-order valence-electron chi connectivity index (χ3n) is 4.13. The molecule has 0 bridgehead atoms. The molecule has 0 fully saturated rings. The first-order valence-electron chi connectivity index (χ1n) is 8.20. The zero-order valence-corrected chi connectivity index (χ0v) is 14.0. The SMILES string of the molecule is CCCNC(=O)c1cn(-c2ncccc2CN)c2cccc(C)c12. The molecular weight excluding hydrogens is 300 g/mol. The number of nitrogens with two attached hydrogens (primary N) is 1. The molecule has 24 heavy (non-hydrogen) atoms. The number of amides is 1.